The van der Waals surface area contributed by atoms with E-state index in [9.17, 15) is 43.2 Å². The summed E-state index contributed by atoms with van der Waals surface area (Å²) >= 11 is 0. The van der Waals surface area contributed by atoms with E-state index in [0.29, 0.717) is 25.7 Å². The van der Waals surface area contributed by atoms with Crippen LogP contribution in [0.1, 0.15) is 381 Å². The zero-order valence-corrected chi connectivity index (χ0v) is 63.8. The lowest BCUT2D eigenvalue weighted by atomic mass is 10.0. The number of allylic oxidation sites excluding steroid dienone is 4. The van der Waals surface area contributed by atoms with Crippen molar-refractivity contribution < 1.29 is 80.2 Å². The molecule has 0 rings (SSSR count). The van der Waals surface area contributed by atoms with Crippen LogP contribution in [-0.2, 0) is 65.4 Å². The quantitative estimate of drug-likeness (QED) is 0.0169. The fourth-order valence-corrected chi connectivity index (χ4v) is 12.9. The first-order valence-corrected chi connectivity index (χ1v) is 42.4. The fraction of sp³-hybridized carbons (Fsp3) is 0.896. The highest BCUT2D eigenvalue weighted by Crippen LogP contribution is 2.45. The van der Waals surface area contributed by atoms with Crippen molar-refractivity contribution in [1.29, 1.82) is 0 Å². The first kappa shape index (κ1) is 93.5. The molecule has 0 spiro atoms. The molecule has 0 aliphatic rings. The molecule has 0 aromatic carbocycles. The van der Waals surface area contributed by atoms with Crippen LogP contribution in [0, 0.1) is 5.92 Å². The fourth-order valence-electron chi connectivity index (χ4n) is 11.3. The molecule has 0 aliphatic carbocycles. The van der Waals surface area contributed by atoms with Gasteiger partial charge in [-0.15, -0.1) is 0 Å². The maximum atomic E-state index is 13.1. The number of hydrogen-bond donors (Lipinski definition) is 3. The molecule has 0 bridgehead atoms. The normalized spacial score (nSPS) is 14.1. The van der Waals surface area contributed by atoms with Gasteiger partial charge in [0.1, 0.15) is 19.3 Å². The average Bonchev–Trinajstić information content (AvgIpc) is 1.34. The minimum Gasteiger partial charge on any atom is -0.462 e. The molecule has 0 fully saturated rings. The van der Waals surface area contributed by atoms with Crippen LogP contribution in [0.3, 0.4) is 0 Å². The Morgan fingerprint density at radius 3 is 0.854 bits per heavy atom. The van der Waals surface area contributed by atoms with Gasteiger partial charge in [-0.2, -0.15) is 0 Å². The number of phosphoric ester groups is 2. The van der Waals surface area contributed by atoms with E-state index in [2.05, 4.69) is 58.9 Å². The average molecular weight is 1410 g/mol. The summed E-state index contributed by atoms with van der Waals surface area (Å²) in [7, 11) is -9.92. The van der Waals surface area contributed by atoms with Gasteiger partial charge in [-0.1, -0.05) is 329 Å². The van der Waals surface area contributed by atoms with Crippen molar-refractivity contribution in [2.75, 3.05) is 39.6 Å². The van der Waals surface area contributed by atoms with Gasteiger partial charge in [0.25, 0.3) is 0 Å². The molecule has 0 radical (unpaired) electrons. The predicted molar refractivity (Wildman–Crippen MR) is 391 cm³/mol. The van der Waals surface area contributed by atoms with Crippen molar-refractivity contribution in [3.05, 3.63) is 24.3 Å². The van der Waals surface area contributed by atoms with Crippen molar-refractivity contribution in [2.24, 2.45) is 5.92 Å². The molecule has 96 heavy (non-hydrogen) atoms. The zero-order chi connectivity index (χ0) is 70.5. The number of carbonyl (C=O) groups excluding carboxylic acids is 4. The minimum atomic E-state index is -4.96. The molecule has 2 unspecified atom stereocenters. The standard InChI is InChI=1S/C77H146O17P2/c1-6-9-12-15-18-21-24-25-30-34-37-42-46-51-56-61-75(80)88-67-73(94-77(82)63-58-53-48-43-38-35-32-29-27-26-28-31-33-36-39-44-49-54-59-70(4)5)69-92-96(85,86)90-65-71(78)64-89-95(83,84)91-68-72(93-76(81)62-57-52-47-41-23-20-17-14-11-8-3)66-87-74(79)60-55-50-45-40-22-19-16-13-10-7-2/h21,24-25,30,70-73,78H,6-20,22-23,26-29,31-69H2,1-5H3,(H,83,84)(H,85,86)/b24-21-,30-25-/t71-,72+,73+/m0/s1. The Morgan fingerprint density at radius 2 is 0.562 bits per heavy atom. The Hall–Kier alpha value is -2.46. The van der Waals surface area contributed by atoms with Gasteiger partial charge in [-0.3, -0.25) is 37.3 Å². The number of hydrogen-bond acceptors (Lipinski definition) is 15. The molecule has 0 saturated heterocycles. The number of aliphatic hydroxyl groups is 1. The van der Waals surface area contributed by atoms with Gasteiger partial charge in [-0.05, 0) is 57.3 Å². The molecular weight excluding hydrogens is 1260 g/mol. The molecule has 0 aromatic rings. The topological polar surface area (TPSA) is 237 Å². The lowest BCUT2D eigenvalue weighted by Gasteiger charge is -2.21. The van der Waals surface area contributed by atoms with Crippen molar-refractivity contribution in [1.82, 2.24) is 0 Å². The Labute approximate surface area is 586 Å². The summed E-state index contributed by atoms with van der Waals surface area (Å²) in [5.41, 5.74) is 0. The van der Waals surface area contributed by atoms with E-state index in [-0.39, 0.29) is 25.7 Å². The minimum absolute atomic E-state index is 0.102. The monoisotopic (exact) mass is 1410 g/mol. The second kappa shape index (κ2) is 69.6. The largest absolute Gasteiger partial charge is 0.472 e. The van der Waals surface area contributed by atoms with Crippen LogP contribution in [0.15, 0.2) is 24.3 Å². The van der Waals surface area contributed by atoms with Gasteiger partial charge in [-0.25, -0.2) is 9.13 Å². The Balaban J connectivity index is 5.22. The van der Waals surface area contributed by atoms with E-state index >= 15 is 0 Å². The molecular formula is C77H146O17P2. The summed E-state index contributed by atoms with van der Waals surface area (Å²) in [6, 6.07) is 0. The molecule has 0 aliphatic heterocycles. The third-order valence-electron chi connectivity index (χ3n) is 17.4. The Bertz CT molecular complexity index is 1930. The van der Waals surface area contributed by atoms with Crippen LogP contribution >= 0.6 is 15.6 Å². The van der Waals surface area contributed by atoms with Gasteiger partial charge in [0.15, 0.2) is 12.2 Å². The van der Waals surface area contributed by atoms with E-state index < -0.39 is 97.5 Å². The third-order valence-corrected chi connectivity index (χ3v) is 19.3. The second-order valence-corrected chi connectivity index (χ2v) is 30.4. The molecule has 0 heterocycles. The molecule has 19 heteroatoms. The number of phosphoric acid groups is 2. The summed E-state index contributed by atoms with van der Waals surface area (Å²) in [6.45, 7) is 7.25. The summed E-state index contributed by atoms with van der Waals surface area (Å²) in [5.74, 6) is -1.33. The highest BCUT2D eigenvalue weighted by molar-refractivity contribution is 7.47. The number of aliphatic hydroxyl groups excluding tert-OH is 1. The number of unbranched alkanes of at least 4 members (excludes halogenated alkanes) is 44. The van der Waals surface area contributed by atoms with E-state index in [4.69, 9.17) is 37.0 Å². The van der Waals surface area contributed by atoms with E-state index in [0.717, 1.165) is 115 Å². The number of ether oxygens (including phenoxy) is 4. The van der Waals surface area contributed by atoms with E-state index in [1.54, 1.807) is 0 Å². The molecule has 5 atom stereocenters. The first-order chi connectivity index (χ1) is 46.5. The summed E-state index contributed by atoms with van der Waals surface area (Å²) in [6.07, 6.45) is 61.9. The van der Waals surface area contributed by atoms with Gasteiger partial charge < -0.3 is 33.8 Å². The lowest BCUT2D eigenvalue weighted by molar-refractivity contribution is -0.161. The number of carbonyl (C=O) groups is 4. The van der Waals surface area contributed by atoms with Crippen molar-refractivity contribution in [3.63, 3.8) is 0 Å². The van der Waals surface area contributed by atoms with Crippen LogP contribution in [-0.4, -0.2) is 96.7 Å². The van der Waals surface area contributed by atoms with Crippen molar-refractivity contribution in [3.8, 4) is 0 Å². The van der Waals surface area contributed by atoms with E-state index in [1.165, 1.54) is 186 Å². The summed E-state index contributed by atoms with van der Waals surface area (Å²) < 4.78 is 68.4. The molecule has 566 valence electrons. The lowest BCUT2D eigenvalue weighted by Crippen LogP contribution is -2.30. The SMILES string of the molecule is CCCCCC/C=C\C=C/CCCCCCCC(=O)OC[C@H](COP(=O)(O)OC[C@@H](O)COP(=O)(O)OC[C@@H](COC(=O)CCCCCCCCCCCC)OC(=O)CCCCCCCCCCCC)OC(=O)CCCCCCCCCCCCCCCCCCCCC(C)C. The second-order valence-electron chi connectivity index (χ2n) is 27.5. The third kappa shape index (κ3) is 70.0. The van der Waals surface area contributed by atoms with Crippen LogP contribution in [0.2, 0.25) is 0 Å². The number of esters is 4. The molecule has 0 aromatic heterocycles. The molecule has 17 nitrogen and oxygen atoms in total. The van der Waals surface area contributed by atoms with Crippen LogP contribution in [0.25, 0.3) is 0 Å². The summed E-state index contributed by atoms with van der Waals surface area (Å²) in [4.78, 5) is 72.7. The zero-order valence-electron chi connectivity index (χ0n) is 62.0. The van der Waals surface area contributed by atoms with Crippen LogP contribution in [0.4, 0.5) is 0 Å². The van der Waals surface area contributed by atoms with Gasteiger partial charge in [0.05, 0.1) is 26.4 Å². The van der Waals surface area contributed by atoms with Gasteiger partial charge >= 0.3 is 39.5 Å². The van der Waals surface area contributed by atoms with Gasteiger partial charge in [0, 0.05) is 25.7 Å². The maximum absolute atomic E-state index is 13.1. The molecule has 3 N–H and O–H groups in total. The summed E-state index contributed by atoms with van der Waals surface area (Å²) in [5, 5.41) is 10.6. The number of rotatable bonds is 75. The van der Waals surface area contributed by atoms with E-state index in [1.807, 2.05) is 0 Å². The highest BCUT2D eigenvalue weighted by Gasteiger charge is 2.30. The van der Waals surface area contributed by atoms with Crippen LogP contribution in [0.5, 0.6) is 0 Å². The smallest absolute Gasteiger partial charge is 0.462 e. The maximum Gasteiger partial charge on any atom is 0.472 e. The molecule has 0 saturated carbocycles. The van der Waals surface area contributed by atoms with Gasteiger partial charge in [0.2, 0.25) is 0 Å². The van der Waals surface area contributed by atoms with Crippen LogP contribution < -0.4 is 0 Å². The first-order valence-electron chi connectivity index (χ1n) is 39.5. The van der Waals surface area contributed by atoms with Crippen molar-refractivity contribution >= 4 is 39.5 Å². The molecule has 0 amide bonds. The van der Waals surface area contributed by atoms with Crippen molar-refractivity contribution in [2.45, 2.75) is 400 Å². The predicted octanol–water partition coefficient (Wildman–Crippen LogP) is 22.4. The Kier molecular flexibility index (Phi) is 67.8. The Morgan fingerprint density at radius 1 is 0.323 bits per heavy atom. The highest BCUT2D eigenvalue weighted by atomic mass is 31.2.